The summed E-state index contributed by atoms with van der Waals surface area (Å²) in [6.07, 6.45) is 0. The Balaban J connectivity index is 2.77. The lowest BCUT2D eigenvalue weighted by molar-refractivity contribution is 0.0227. The van der Waals surface area contributed by atoms with Crippen LogP contribution in [0.1, 0.15) is 35.7 Å². The van der Waals surface area contributed by atoms with Gasteiger partial charge in [-0.2, -0.15) is 0 Å². The SMILES string of the molecule is COCc1onc(C(=O)NCC(C)(C)OC)c1CO. The molecule has 7 nitrogen and oxygen atoms in total. The zero-order chi connectivity index (χ0) is 14.5. The van der Waals surface area contributed by atoms with Gasteiger partial charge in [0.25, 0.3) is 5.91 Å². The molecule has 0 saturated heterocycles. The summed E-state index contributed by atoms with van der Waals surface area (Å²) in [6, 6.07) is 0. The van der Waals surface area contributed by atoms with Gasteiger partial charge in [0.05, 0.1) is 17.8 Å². The third kappa shape index (κ3) is 4.02. The van der Waals surface area contributed by atoms with Gasteiger partial charge in [-0.05, 0) is 13.8 Å². The van der Waals surface area contributed by atoms with Gasteiger partial charge in [0.2, 0.25) is 0 Å². The minimum absolute atomic E-state index is 0.0708. The first-order chi connectivity index (χ1) is 8.95. The van der Waals surface area contributed by atoms with E-state index in [1.165, 1.54) is 7.11 Å². The summed E-state index contributed by atoms with van der Waals surface area (Å²) in [7, 11) is 3.06. The van der Waals surface area contributed by atoms with Gasteiger partial charge in [-0.25, -0.2) is 0 Å². The molecule has 1 rings (SSSR count). The first-order valence-corrected chi connectivity index (χ1v) is 5.85. The van der Waals surface area contributed by atoms with Crippen molar-refractivity contribution in [2.24, 2.45) is 0 Å². The normalized spacial score (nSPS) is 11.6. The van der Waals surface area contributed by atoms with Gasteiger partial charge >= 0.3 is 0 Å². The number of rotatable bonds is 7. The molecule has 1 aromatic rings. The number of aliphatic hydroxyl groups excluding tert-OH is 1. The van der Waals surface area contributed by atoms with Crippen molar-refractivity contribution in [2.45, 2.75) is 32.7 Å². The summed E-state index contributed by atoms with van der Waals surface area (Å²) < 4.78 is 15.1. The molecular formula is C12H20N2O5. The molecule has 0 aliphatic heterocycles. The van der Waals surface area contributed by atoms with Gasteiger partial charge in [0, 0.05) is 20.8 Å². The van der Waals surface area contributed by atoms with Crippen LogP contribution in [-0.2, 0) is 22.7 Å². The van der Waals surface area contributed by atoms with E-state index in [0.29, 0.717) is 17.9 Å². The first-order valence-electron chi connectivity index (χ1n) is 5.85. The van der Waals surface area contributed by atoms with E-state index in [-0.39, 0.29) is 18.9 Å². The van der Waals surface area contributed by atoms with E-state index in [1.54, 1.807) is 7.11 Å². The molecular weight excluding hydrogens is 252 g/mol. The second-order valence-electron chi connectivity index (χ2n) is 4.67. The maximum absolute atomic E-state index is 12.0. The van der Waals surface area contributed by atoms with Crippen molar-refractivity contribution < 1.29 is 23.9 Å². The Morgan fingerprint density at radius 3 is 2.68 bits per heavy atom. The minimum Gasteiger partial charge on any atom is -0.391 e. The molecule has 1 heterocycles. The fraction of sp³-hybridized carbons (Fsp3) is 0.667. The molecule has 7 heteroatoms. The molecule has 0 radical (unpaired) electrons. The van der Waals surface area contributed by atoms with Crippen molar-refractivity contribution in [1.29, 1.82) is 0 Å². The van der Waals surface area contributed by atoms with Gasteiger partial charge in [-0.15, -0.1) is 0 Å². The number of nitrogens with one attached hydrogen (secondary N) is 1. The van der Waals surface area contributed by atoms with Crippen molar-refractivity contribution in [1.82, 2.24) is 10.5 Å². The highest BCUT2D eigenvalue weighted by atomic mass is 16.5. The Morgan fingerprint density at radius 2 is 2.16 bits per heavy atom. The van der Waals surface area contributed by atoms with Crippen LogP contribution < -0.4 is 5.32 Å². The third-order valence-electron chi connectivity index (χ3n) is 2.75. The maximum atomic E-state index is 12.0. The van der Waals surface area contributed by atoms with E-state index >= 15 is 0 Å². The monoisotopic (exact) mass is 272 g/mol. The Labute approximate surface area is 111 Å². The Bertz CT molecular complexity index is 428. The van der Waals surface area contributed by atoms with Crippen molar-refractivity contribution in [3.05, 3.63) is 17.0 Å². The molecule has 0 saturated carbocycles. The zero-order valence-electron chi connectivity index (χ0n) is 11.6. The number of amides is 1. The molecule has 0 spiro atoms. The molecule has 0 atom stereocenters. The van der Waals surface area contributed by atoms with Crippen LogP contribution in [-0.4, -0.2) is 42.5 Å². The quantitative estimate of drug-likeness (QED) is 0.749. The van der Waals surface area contributed by atoms with Gasteiger partial charge in [0.15, 0.2) is 11.5 Å². The predicted octanol–water partition coefficient (Wildman–Crippen LogP) is 0.468. The Kier molecular flexibility index (Phi) is 5.46. The van der Waals surface area contributed by atoms with E-state index in [0.717, 1.165) is 0 Å². The predicted molar refractivity (Wildman–Crippen MR) is 66.6 cm³/mol. The molecule has 1 aromatic heterocycles. The Hall–Kier alpha value is -1.44. The summed E-state index contributed by atoms with van der Waals surface area (Å²) in [5.41, 5.74) is -0.0651. The van der Waals surface area contributed by atoms with E-state index < -0.39 is 11.5 Å². The summed E-state index contributed by atoms with van der Waals surface area (Å²) >= 11 is 0. The van der Waals surface area contributed by atoms with Crippen LogP contribution in [0.2, 0.25) is 0 Å². The van der Waals surface area contributed by atoms with Gasteiger partial charge < -0.3 is 24.4 Å². The number of carbonyl (C=O) groups is 1. The van der Waals surface area contributed by atoms with E-state index in [1.807, 2.05) is 13.8 Å². The van der Waals surface area contributed by atoms with Crippen molar-refractivity contribution in [3.63, 3.8) is 0 Å². The summed E-state index contributed by atoms with van der Waals surface area (Å²) in [4.78, 5) is 12.0. The van der Waals surface area contributed by atoms with Crippen molar-refractivity contribution >= 4 is 5.91 Å². The first kappa shape index (κ1) is 15.6. The van der Waals surface area contributed by atoms with Crippen molar-refractivity contribution in [3.8, 4) is 0 Å². The number of hydrogen-bond donors (Lipinski definition) is 2. The second-order valence-corrected chi connectivity index (χ2v) is 4.67. The largest absolute Gasteiger partial charge is 0.391 e. The van der Waals surface area contributed by atoms with Crippen LogP contribution in [0, 0.1) is 0 Å². The van der Waals surface area contributed by atoms with Crippen LogP contribution in [0.25, 0.3) is 0 Å². The molecule has 19 heavy (non-hydrogen) atoms. The van der Waals surface area contributed by atoms with Crippen LogP contribution in [0.15, 0.2) is 4.52 Å². The molecule has 2 N–H and O–H groups in total. The highest BCUT2D eigenvalue weighted by Crippen LogP contribution is 2.15. The topological polar surface area (TPSA) is 93.8 Å². The van der Waals surface area contributed by atoms with E-state index in [2.05, 4.69) is 10.5 Å². The van der Waals surface area contributed by atoms with E-state index in [9.17, 15) is 9.90 Å². The number of carbonyl (C=O) groups excluding carboxylic acids is 1. The summed E-state index contributed by atoms with van der Waals surface area (Å²) in [6.45, 7) is 3.83. The third-order valence-corrected chi connectivity index (χ3v) is 2.75. The lowest BCUT2D eigenvalue weighted by Gasteiger charge is -2.22. The van der Waals surface area contributed by atoms with Crippen LogP contribution in [0.5, 0.6) is 0 Å². The van der Waals surface area contributed by atoms with Crippen molar-refractivity contribution in [2.75, 3.05) is 20.8 Å². The van der Waals surface area contributed by atoms with Gasteiger partial charge in [-0.3, -0.25) is 4.79 Å². The molecule has 0 aliphatic carbocycles. The molecule has 0 fully saturated rings. The van der Waals surface area contributed by atoms with Crippen LogP contribution in [0.3, 0.4) is 0 Å². The molecule has 0 unspecified atom stereocenters. The molecule has 0 aliphatic rings. The maximum Gasteiger partial charge on any atom is 0.273 e. The molecule has 108 valence electrons. The lowest BCUT2D eigenvalue weighted by atomic mass is 10.1. The molecule has 0 bridgehead atoms. The minimum atomic E-state index is -0.478. The number of methoxy groups -OCH3 is 2. The number of nitrogens with zero attached hydrogens (tertiary/aromatic N) is 1. The van der Waals surface area contributed by atoms with E-state index in [4.69, 9.17) is 14.0 Å². The number of aromatic nitrogens is 1. The van der Waals surface area contributed by atoms with Crippen LogP contribution in [0.4, 0.5) is 0 Å². The average molecular weight is 272 g/mol. The fourth-order valence-corrected chi connectivity index (χ4v) is 1.38. The van der Waals surface area contributed by atoms with Gasteiger partial charge in [0.1, 0.15) is 6.61 Å². The Morgan fingerprint density at radius 1 is 1.47 bits per heavy atom. The summed E-state index contributed by atoms with van der Waals surface area (Å²) in [5, 5.41) is 15.6. The lowest BCUT2D eigenvalue weighted by Crippen LogP contribution is -2.40. The number of aliphatic hydroxyl groups is 1. The number of ether oxygens (including phenoxy) is 2. The van der Waals surface area contributed by atoms with Gasteiger partial charge in [-0.1, -0.05) is 5.16 Å². The molecule has 1 amide bonds. The summed E-state index contributed by atoms with van der Waals surface area (Å²) in [5.74, 6) is -0.0681. The van der Waals surface area contributed by atoms with Crippen LogP contribution >= 0.6 is 0 Å². The number of hydrogen-bond acceptors (Lipinski definition) is 6. The highest BCUT2D eigenvalue weighted by molar-refractivity contribution is 5.93. The molecule has 0 aromatic carbocycles. The highest BCUT2D eigenvalue weighted by Gasteiger charge is 2.23. The smallest absolute Gasteiger partial charge is 0.273 e. The fourth-order valence-electron chi connectivity index (χ4n) is 1.38. The zero-order valence-corrected chi connectivity index (χ0v) is 11.6. The average Bonchev–Trinajstić information content (AvgIpc) is 2.79. The standard InChI is InChI=1S/C12H20N2O5/c1-12(2,18-4)7-13-11(16)10-8(5-15)9(6-17-3)19-14-10/h15H,5-7H2,1-4H3,(H,13,16). The second kappa shape index (κ2) is 6.65.